The van der Waals surface area contributed by atoms with Crippen molar-refractivity contribution in [1.29, 1.82) is 0 Å². The number of aryl methyl sites for hydroxylation is 4. The molecule has 1 aromatic carbocycles. The number of anilines is 2. The number of rotatable bonds is 3. The van der Waals surface area contributed by atoms with Crippen LogP contribution in [0.25, 0.3) is 0 Å². The van der Waals surface area contributed by atoms with E-state index < -0.39 is 0 Å². The highest BCUT2D eigenvalue weighted by Gasteiger charge is 2.03. The van der Waals surface area contributed by atoms with Crippen molar-refractivity contribution in [3.63, 3.8) is 0 Å². The molecule has 3 nitrogen and oxygen atoms in total. The van der Waals surface area contributed by atoms with Crippen molar-refractivity contribution in [3.05, 3.63) is 41.2 Å². The SMILES string of the molecule is CCc1ccc(Nc2nc(C)cn2C)cc1C. The second kappa shape index (κ2) is 4.62. The normalized spacial score (nSPS) is 10.6. The number of nitrogens with zero attached hydrogens (tertiary/aromatic N) is 2. The third kappa shape index (κ3) is 2.49. The molecule has 0 radical (unpaired) electrons. The van der Waals surface area contributed by atoms with E-state index in [2.05, 4.69) is 42.3 Å². The first kappa shape index (κ1) is 11.7. The lowest BCUT2D eigenvalue weighted by molar-refractivity contribution is 0.923. The van der Waals surface area contributed by atoms with Crippen LogP contribution in [0.4, 0.5) is 11.6 Å². The molecule has 0 aliphatic rings. The molecule has 1 N–H and O–H groups in total. The molecule has 2 rings (SSSR count). The molecular formula is C14H19N3. The summed E-state index contributed by atoms with van der Waals surface area (Å²) in [5, 5.41) is 3.34. The third-order valence-electron chi connectivity index (χ3n) is 2.98. The summed E-state index contributed by atoms with van der Waals surface area (Å²) >= 11 is 0. The standard InChI is InChI=1S/C14H19N3/c1-5-12-6-7-13(8-10(12)2)16-14-15-11(3)9-17(14)4/h6-9H,5H2,1-4H3,(H,15,16). The van der Waals surface area contributed by atoms with E-state index in [0.29, 0.717) is 0 Å². The topological polar surface area (TPSA) is 29.9 Å². The summed E-state index contributed by atoms with van der Waals surface area (Å²) in [4.78, 5) is 4.43. The van der Waals surface area contributed by atoms with Crippen LogP contribution in [-0.4, -0.2) is 9.55 Å². The number of benzene rings is 1. The highest BCUT2D eigenvalue weighted by atomic mass is 15.2. The Kier molecular flexibility index (Phi) is 3.18. The molecule has 2 aromatic rings. The Hall–Kier alpha value is -1.77. The molecule has 1 aromatic heterocycles. The maximum Gasteiger partial charge on any atom is 0.207 e. The van der Waals surface area contributed by atoms with E-state index in [4.69, 9.17) is 0 Å². The molecule has 3 heteroatoms. The van der Waals surface area contributed by atoms with Crippen LogP contribution < -0.4 is 5.32 Å². The summed E-state index contributed by atoms with van der Waals surface area (Å²) < 4.78 is 2.00. The molecule has 0 saturated heterocycles. The van der Waals surface area contributed by atoms with Gasteiger partial charge in [0, 0.05) is 18.9 Å². The molecule has 0 unspecified atom stereocenters. The van der Waals surface area contributed by atoms with Gasteiger partial charge in [0.05, 0.1) is 5.69 Å². The van der Waals surface area contributed by atoms with Crippen LogP contribution in [0.2, 0.25) is 0 Å². The lowest BCUT2D eigenvalue weighted by Crippen LogP contribution is -1.99. The average molecular weight is 229 g/mol. The highest BCUT2D eigenvalue weighted by molar-refractivity contribution is 5.56. The van der Waals surface area contributed by atoms with Gasteiger partial charge in [0.25, 0.3) is 0 Å². The molecule has 0 fully saturated rings. The summed E-state index contributed by atoms with van der Waals surface area (Å²) in [7, 11) is 2.00. The Morgan fingerprint density at radius 3 is 2.59 bits per heavy atom. The molecule has 0 bridgehead atoms. The number of aromatic nitrogens is 2. The number of hydrogen-bond acceptors (Lipinski definition) is 2. The van der Waals surface area contributed by atoms with Crippen LogP contribution in [0.1, 0.15) is 23.7 Å². The number of imidazole rings is 1. The summed E-state index contributed by atoms with van der Waals surface area (Å²) in [6, 6.07) is 6.45. The van der Waals surface area contributed by atoms with Gasteiger partial charge in [0.15, 0.2) is 0 Å². The van der Waals surface area contributed by atoms with Gasteiger partial charge in [-0.3, -0.25) is 0 Å². The minimum absolute atomic E-state index is 0.881. The summed E-state index contributed by atoms with van der Waals surface area (Å²) in [6.45, 7) is 6.32. The molecule has 17 heavy (non-hydrogen) atoms. The van der Waals surface area contributed by atoms with Gasteiger partial charge in [-0.1, -0.05) is 13.0 Å². The second-order valence-electron chi connectivity index (χ2n) is 4.44. The maximum atomic E-state index is 4.43. The van der Waals surface area contributed by atoms with E-state index in [-0.39, 0.29) is 0 Å². The van der Waals surface area contributed by atoms with Crippen molar-refractivity contribution in [2.75, 3.05) is 5.32 Å². The van der Waals surface area contributed by atoms with E-state index in [0.717, 1.165) is 23.8 Å². The maximum absolute atomic E-state index is 4.43. The molecule has 0 atom stereocenters. The van der Waals surface area contributed by atoms with Crippen LogP contribution in [0.15, 0.2) is 24.4 Å². The first-order valence-electron chi connectivity index (χ1n) is 5.96. The van der Waals surface area contributed by atoms with Crippen molar-refractivity contribution in [3.8, 4) is 0 Å². The van der Waals surface area contributed by atoms with Gasteiger partial charge in [-0.2, -0.15) is 0 Å². The number of nitrogens with one attached hydrogen (secondary N) is 1. The van der Waals surface area contributed by atoms with Crippen LogP contribution in [0, 0.1) is 13.8 Å². The minimum atomic E-state index is 0.881. The molecule has 1 heterocycles. The van der Waals surface area contributed by atoms with E-state index in [1.807, 2.05) is 24.7 Å². The summed E-state index contributed by atoms with van der Waals surface area (Å²) in [6.07, 6.45) is 3.09. The predicted molar refractivity (Wildman–Crippen MR) is 71.8 cm³/mol. The molecule has 90 valence electrons. The zero-order valence-corrected chi connectivity index (χ0v) is 10.9. The smallest absolute Gasteiger partial charge is 0.207 e. The average Bonchev–Trinajstić information content (AvgIpc) is 2.58. The fourth-order valence-corrected chi connectivity index (χ4v) is 2.03. The predicted octanol–water partition coefficient (Wildman–Crippen LogP) is 3.34. The van der Waals surface area contributed by atoms with Gasteiger partial charge in [0.2, 0.25) is 5.95 Å². The van der Waals surface area contributed by atoms with E-state index >= 15 is 0 Å². The van der Waals surface area contributed by atoms with Crippen molar-refractivity contribution < 1.29 is 0 Å². The van der Waals surface area contributed by atoms with Gasteiger partial charge in [-0.25, -0.2) is 4.98 Å². The van der Waals surface area contributed by atoms with Gasteiger partial charge in [-0.05, 0) is 43.5 Å². The first-order chi connectivity index (χ1) is 8.10. The first-order valence-corrected chi connectivity index (χ1v) is 5.96. The van der Waals surface area contributed by atoms with Gasteiger partial charge in [-0.15, -0.1) is 0 Å². The molecule has 0 saturated carbocycles. The lowest BCUT2D eigenvalue weighted by atomic mass is 10.1. The third-order valence-corrected chi connectivity index (χ3v) is 2.98. The molecule has 0 aliphatic carbocycles. The Labute approximate surface area is 103 Å². The van der Waals surface area contributed by atoms with Gasteiger partial charge < -0.3 is 9.88 Å². The number of hydrogen-bond donors (Lipinski definition) is 1. The van der Waals surface area contributed by atoms with E-state index in [1.165, 1.54) is 11.1 Å². The van der Waals surface area contributed by atoms with E-state index in [9.17, 15) is 0 Å². The molecule has 0 aliphatic heterocycles. The molecular weight excluding hydrogens is 210 g/mol. The molecule has 0 spiro atoms. The van der Waals surface area contributed by atoms with Gasteiger partial charge >= 0.3 is 0 Å². The zero-order chi connectivity index (χ0) is 12.4. The quantitative estimate of drug-likeness (QED) is 0.874. The largest absolute Gasteiger partial charge is 0.326 e. The Morgan fingerprint density at radius 1 is 1.29 bits per heavy atom. The fraction of sp³-hybridized carbons (Fsp3) is 0.357. The Balaban J connectivity index is 2.24. The molecule has 0 amide bonds. The van der Waals surface area contributed by atoms with Crippen molar-refractivity contribution in [2.45, 2.75) is 27.2 Å². The Bertz CT molecular complexity index is 526. The zero-order valence-electron chi connectivity index (χ0n) is 10.9. The van der Waals surface area contributed by atoms with Crippen molar-refractivity contribution in [2.24, 2.45) is 7.05 Å². The minimum Gasteiger partial charge on any atom is -0.326 e. The van der Waals surface area contributed by atoms with Crippen LogP contribution in [0.3, 0.4) is 0 Å². The monoisotopic (exact) mass is 229 g/mol. The summed E-state index contributed by atoms with van der Waals surface area (Å²) in [5.74, 6) is 0.881. The lowest BCUT2D eigenvalue weighted by Gasteiger charge is -2.09. The second-order valence-corrected chi connectivity index (χ2v) is 4.44. The Morgan fingerprint density at radius 2 is 2.06 bits per heavy atom. The van der Waals surface area contributed by atoms with Crippen molar-refractivity contribution in [1.82, 2.24) is 9.55 Å². The van der Waals surface area contributed by atoms with Crippen LogP contribution in [0.5, 0.6) is 0 Å². The highest BCUT2D eigenvalue weighted by Crippen LogP contribution is 2.19. The fourth-order valence-electron chi connectivity index (χ4n) is 2.03. The van der Waals surface area contributed by atoms with Gasteiger partial charge in [0.1, 0.15) is 0 Å². The summed E-state index contributed by atoms with van der Waals surface area (Å²) in [5.41, 5.74) is 4.83. The van der Waals surface area contributed by atoms with E-state index in [1.54, 1.807) is 0 Å². The van der Waals surface area contributed by atoms with Crippen LogP contribution >= 0.6 is 0 Å². The van der Waals surface area contributed by atoms with Crippen LogP contribution in [-0.2, 0) is 13.5 Å². The van der Waals surface area contributed by atoms with Crippen molar-refractivity contribution >= 4 is 11.6 Å².